The fourth-order valence-electron chi connectivity index (χ4n) is 3.49. The highest BCUT2D eigenvalue weighted by atomic mass is 35.5. The highest BCUT2D eigenvalue weighted by Gasteiger charge is 2.41. The summed E-state index contributed by atoms with van der Waals surface area (Å²) in [7, 11) is 0. The van der Waals surface area contributed by atoms with Crippen molar-refractivity contribution in [3.8, 4) is 5.75 Å². The molecule has 4 atom stereocenters. The number of rotatable bonds is 10. The maximum atomic E-state index is 11.4. The third-order valence-electron chi connectivity index (χ3n) is 5.34. The van der Waals surface area contributed by atoms with E-state index < -0.39 is 6.10 Å². The molecule has 0 aromatic heterocycles. The van der Waals surface area contributed by atoms with Crippen LogP contribution in [0.15, 0.2) is 30.4 Å². The molecule has 0 radical (unpaired) electrons. The van der Waals surface area contributed by atoms with E-state index in [2.05, 4.69) is 13.8 Å². The summed E-state index contributed by atoms with van der Waals surface area (Å²) in [4.78, 5) is 11.4. The molecule has 156 valence electrons. The lowest BCUT2D eigenvalue weighted by atomic mass is 9.92. The second-order valence-corrected chi connectivity index (χ2v) is 7.95. The fourth-order valence-corrected chi connectivity index (χ4v) is 3.96. The van der Waals surface area contributed by atoms with E-state index in [1.165, 1.54) is 11.1 Å². The predicted molar refractivity (Wildman–Crippen MR) is 110 cm³/mol. The van der Waals surface area contributed by atoms with Gasteiger partial charge in [0.25, 0.3) is 0 Å². The monoisotopic (exact) mass is 410 g/mol. The summed E-state index contributed by atoms with van der Waals surface area (Å²) in [5.74, 6) is 0.595. The van der Waals surface area contributed by atoms with Crippen molar-refractivity contribution >= 4 is 17.6 Å². The van der Waals surface area contributed by atoms with E-state index >= 15 is 0 Å². The number of aliphatic hydroxyl groups is 2. The molecular formula is C22H31ClO5. The van der Waals surface area contributed by atoms with Gasteiger partial charge in [-0.05, 0) is 62.3 Å². The topological polar surface area (TPSA) is 76.0 Å². The van der Waals surface area contributed by atoms with Gasteiger partial charge < -0.3 is 19.7 Å². The lowest BCUT2D eigenvalue weighted by Gasteiger charge is -2.23. The first kappa shape index (κ1) is 22.7. The van der Waals surface area contributed by atoms with Gasteiger partial charge in [0.2, 0.25) is 0 Å². The van der Waals surface area contributed by atoms with Crippen LogP contribution in [0.5, 0.6) is 5.75 Å². The van der Waals surface area contributed by atoms with Gasteiger partial charge in [-0.25, -0.2) is 0 Å². The van der Waals surface area contributed by atoms with Crippen molar-refractivity contribution in [1.82, 2.24) is 0 Å². The molecule has 0 bridgehead atoms. The number of allylic oxidation sites excluding steroid dienone is 2. The van der Waals surface area contributed by atoms with Crippen LogP contribution >= 0.6 is 11.6 Å². The van der Waals surface area contributed by atoms with Crippen LogP contribution in [0.3, 0.4) is 0 Å². The first-order valence-corrected chi connectivity index (χ1v) is 10.3. The predicted octanol–water partition coefficient (Wildman–Crippen LogP) is 3.55. The standard InChI is InChI=1S/C22H31ClO5/c1-15-8-9-17(12-16(15)2)28-14-19-18(20(23)13-21(19)25)6-4-3-5-7-22(26)27-11-10-24/h3-4,8-9,12,18-21,24-25H,5-7,10-11,13-14H2,1-2H3/b4-3-/t18-,19-,20-,21-/m1/s1. The number of esters is 1. The van der Waals surface area contributed by atoms with Crippen LogP contribution in [0.4, 0.5) is 0 Å². The Bertz CT molecular complexity index is 660. The third-order valence-corrected chi connectivity index (χ3v) is 5.84. The Hall–Kier alpha value is -1.56. The Balaban J connectivity index is 1.83. The molecule has 0 spiro atoms. The smallest absolute Gasteiger partial charge is 0.306 e. The molecule has 5 nitrogen and oxygen atoms in total. The van der Waals surface area contributed by atoms with Gasteiger partial charge in [-0.1, -0.05) is 18.2 Å². The van der Waals surface area contributed by atoms with Crippen LogP contribution in [0.1, 0.15) is 36.8 Å². The Morgan fingerprint density at radius 2 is 2.04 bits per heavy atom. The van der Waals surface area contributed by atoms with Crippen molar-refractivity contribution < 1.29 is 24.5 Å². The van der Waals surface area contributed by atoms with Gasteiger partial charge in [0.15, 0.2) is 0 Å². The molecule has 0 saturated heterocycles. The van der Waals surface area contributed by atoms with Crippen molar-refractivity contribution in [2.45, 2.75) is 51.0 Å². The molecule has 1 fully saturated rings. The molecular weight excluding hydrogens is 380 g/mol. The number of ether oxygens (including phenoxy) is 2. The molecule has 2 rings (SSSR count). The van der Waals surface area contributed by atoms with Crippen molar-refractivity contribution in [2.24, 2.45) is 11.8 Å². The summed E-state index contributed by atoms with van der Waals surface area (Å²) < 4.78 is 10.8. The lowest BCUT2D eigenvalue weighted by molar-refractivity contribution is -0.144. The number of benzene rings is 1. The lowest BCUT2D eigenvalue weighted by Crippen LogP contribution is -2.27. The quantitative estimate of drug-likeness (QED) is 0.350. The molecule has 1 aromatic rings. The number of aliphatic hydroxyl groups excluding tert-OH is 2. The van der Waals surface area contributed by atoms with E-state index in [0.717, 1.165) is 12.2 Å². The normalized spacial score (nSPS) is 24.6. The summed E-state index contributed by atoms with van der Waals surface area (Å²) in [5.41, 5.74) is 2.40. The number of hydrogen-bond donors (Lipinski definition) is 2. The molecule has 1 saturated carbocycles. The summed E-state index contributed by atoms with van der Waals surface area (Å²) in [5, 5.41) is 18.9. The van der Waals surface area contributed by atoms with Crippen LogP contribution < -0.4 is 4.74 Å². The molecule has 28 heavy (non-hydrogen) atoms. The maximum absolute atomic E-state index is 11.4. The van der Waals surface area contributed by atoms with Crippen molar-refractivity contribution in [2.75, 3.05) is 19.8 Å². The van der Waals surface area contributed by atoms with E-state index in [1.54, 1.807) is 0 Å². The number of carbonyl (C=O) groups excluding carboxylic acids is 1. The highest BCUT2D eigenvalue weighted by molar-refractivity contribution is 6.21. The average molecular weight is 411 g/mol. The van der Waals surface area contributed by atoms with Crippen LogP contribution in [0, 0.1) is 25.7 Å². The Labute approximate surface area is 172 Å². The number of carbonyl (C=O) groups is 1. The van der Waals surface area contributed by atoms with Crippen molar-refractivity contribution in [3.05, 3.63) is 41.5 Å². The summed E-state index contributed by atoms with van der Waals surface area (Å²) >= 11 is 6.47. The van der Waals surface area contributed by atoms with Crippen molar-refractivity contribution in [3.63, 3.8) is 0 Å². The number of hydrogen-bond acceptors (Lipinski definition) is 5. The summed E-state index contributed by atoms with van der Waals surface area (Å²) in [6.07, 6.45) is 5.65. The van der Waals surface area contributed by atoms with E-state index in [9.17, 15) is 9.90 Å². The van der Waals surface area contributed by atoms with Crippen LogP contribution in [-0.4, -0.2) is 47.5 Å². The van der Waals surface area contributed by atoms with Gasteiger partial charge in [0.05, 0.1) is 19.3 Å². The largest absolute Gasteiger partial charge is 0.493 e. The van der Waals surface area contributed by atoms with Gasteiger partial charge in [-0.3, -0.25) is 4.79 Å². The first-order valence-electron chi connectivity index (χ1n) is 9.86. The zero-order valence-electron chi connectivity index (χ0n) is 16.6. The van der Waals surface area contributed by atoms with E-state index in [1.807, 2.05) is 30.4 Å². The SMILES string of the molecule is Cc1ccc(OC[C@@H]2[C@@H](C/C=C\CCC(=O)OCCO)[C@H](Cl)C[C@H]2O)cc1C. The fraction of sp³-hybridized carbons (Fsp3) is 0.591. The van der Waals surface area contributed by atoms with Gasteiger partial charge in [0.1, 0.15) is 12.4 Å². The number of alkyl halides is 1. The minimum absolute atomic E-state index is 0.0247. The van der Waals surface area contributed by atoms with Crippen LogP contribution in [0.2, 0.25) is 0 Å². The van der Waals surface area contributed by atoms with Crippen LogP contribution in [0.25, 0.3) is 0 Å². The Morgan fingerprint density at radius 3 is 2.75 bits per heavy atom. The maximum Gasteiger partial charge on any atom is 0.306 e. The van der Waals surface area contributed by atoms with Crippen molar-refractivity contribution in [1.29, 1.82) is 0 Å². The molecule has 6 heteroatoms. The van der Waals surface area contributed by atoms with E-state index in [-0.39, 0.29) is 42.8 Å². The minimum Gasteiger partial charge on any atom is -0.493 e. The Morgan fingerprint density at radius 1 is 1.25 bits per heavy atom. The summed E-state index contributed by atoms with van der Waals surface area (Å²) in [6, 6.07) is 6.00. The number of aryl methyl sites for hydroxylation is 2. The van der Waals surface area contributed by atoms with Gasteiger partial charge >= 0.3 is 5.97 Å². The molecule has 0 heterocycles. The molecule has 1 aliphatic carbocycles. The van der Waals surface area contributed by atoms with Gasteiger partial charge in [-0.2, -0.15) is 0 Å². The highest BCUT2D eigenvalue weighted by Crippen LogP contribution is 2.39. The first-order chi connectivity index (χ1) is 13.4. The second-order valence-electron chi connectivity index (χ2n) is 7.39. The number of halogens is 1. The third kappa shape index (κ3) is 6.80. The molecule has 2 N–H and O–H groups in total. The van der Waals surface area contributed by atoms with Gasteiger partial charge in [0, 0.05) is 17.7 Å². The zero-order valence-corrected chi connectivity index (χ0v) is 17.4. The van der Waals surface area contributed by atoms with Crippen LogP contribution in [-0.2, 0) is 9.53 Å². The molecule has 0 amide bonds. The molecule has 0 unspecified atom stereocenters. The average Bonchev–Trinajstić information content (AvgIpc) is 2.93. The zero-order chi connectivity index (χ0) is 20.5. The minimum atomic E-state index is -0.471. The van der Waals surface area contributed by atoms with Gasteiger partial charge in [-0.15, -0.1) is 11.6 Å². The molecule has 1 aromatic carbocycles. The molecule has 1 aliphatic rings. The Kier molecular flexibility index (Phi) is 9.29. The van der Waals surface area contributed by atoms with E-state index in [4.69, 9.17) is 26.2 Å². The second kappa shape index (κ2) is 11.4. The summed E-state index contributed by atoms with van der Waals surface area (Å²) in [6.45, 7) is 4.42. The van der Waals surface area contributed by atoms with E-state index in [0.29, 0.717) is 19.4 Å². The molecule has 0 aliphatic heterocycles.